The molecule has 2 heterocycles. The summed E-state index contributed by atoms with van der Waals surface area (Å²) in [4.78, 5) is 12.4. The van der Waals surface area contributed by atoms with Gasteiger partial charge in [-0.05, 0) is 31.0 Å². The number of carbonyl (C=O) groups excluding carboxylic acids is 1. The van der Waals surface area contributed by atoms with Crippen molar-refractivity contribution in [3.8, 4) is 23.0 Å². The number of carbonyl (C=O) groups is 1. The fraction of sp³-hybridized carbons (Fsp3) is 0.471. The molecule has 1 aromatic carbocycles. The topological polar surface area (TPSA) is 124 Å². The van der Waals surface area contributed by atoms with Crippen LogP contribution in [0.2, 0.25) is 0 Å². The van der Waals surface area contributed by atoms with Crippen LogP contribution in [0.3, 0.4) is 0 Å². The highest BCUT2D eigenvalue weighted by atomic mass is 32.2. The number of methoxy groups -OCH3 is 2. The largest absolute Gasteiger partial charge is 0.497 e. The Balaban J connectivity index is 1.68. The average Bonchev–Trinajstić information content (AvgIpc) is 3.15. The molecule has 0 atom stereocenters. The molecule has 0 aliphatic carbocycles. The van der Waals surface area contributed by atoms with Gasteiger partial charge in [-0.25, -0.2) is 12.7 Å². The average molecular weight is 410 g/mol. The molecule has 152 valence electrons. The third kappa shape index (κ3) is 4.42. The molecule has 28 heavy (non-hydrogen) atoms. The molecule has 0 unspecified atom stereocenters. The Labute approximate surface area is 162 Å². The van der Waals surface area contributed by atoms with Crippen molar-refractivity contribution >= 4 is 21.9 Å². The van der Waals surface area contributed by atoms with E-state index in [1.165, 1.54) is 17.7 Å². The Kier molecular flexibility index (Phi) is 5.84. The van der Waals surface area contributed by atoms with Gasteiger partial charge in [-0.15, -0.1) is 5.10 Å². The van der Waals surface area contributed by atoms with Crippen LogP contribution in [0.15, 0.2) is 22.6 Å². The first-order valence-corrected chi connectivity index (χ1v) is 10.5. The van der Waals surface area contributed by atoms with E-state index in [1.807, 2.05) is 0 Å². The summed E-state index contributed by atoms with van der Waals surface area (Å²) in [6.07, 6.45) is 2.04. The zero-order valence-corrected chi connectivity index (χ0v) is 16.7. The van der Waals surface area contributed by atoms with E-state index >= 15 is 0 Å². The van der Waals surface area contributed by atoms with Gasteiger partial charge in [0.2, 0.25) is 15.9 Å². The Morgan fingerprint density at radius 1 is 1.21 bits per heavy atom. The molecule has 2 aromatic rings. The van der Waals surface area contributed by atoms with Crippen molar-refractivity contribution in [2.75, 3.05) is 38.9 Å². The molecule has 10 nitrogen and oxygen atoms in total. The molecule has 0 saturated carbocycles. The molecular weight excluding hydrogens is 388 g/mol. The Hall–Kier alpha value is -2.66. The van der Waals surface area contributed by atoms with Gasteiger partial charge in [-0.3, -0.25) is 10.1 Å². The second kappa shape index (κ2) is 8.15. The summed E-state index contributed by atoms with van der Waals surface area (Å²) in [5.41, 5.74) is 0.538. The van der Waals surface area contributed by atoms with Crippen LogP contribution in [0.1, 0.15) is 12.8 Å². The minimum absolute atomic E-state index is 0.0320. The van der Waals surface area contributed by atoms with Gasteiger partial charge in [0.05, 0.1) is 26.0 Å². The quantitative estimate of drug-likeness (QED) is 0.757. The van der Waals surface area contributed by atoms with Crippen LogP contribution in [-0.2, 0) is 14.8 Å². The number of piperidine rings is 1. The summed E-state index contributed by atoms with van der Waals surface area (Å²) in [6, 6.07) is 5.12. The van der Waals surface area contributed by atoms with Crippen molar-refractivity contribution in [1.82, 2.24) is 14.5 Å². The minimum atomic E-state index is -3.23. The van der Waals surface area contributed by atoms with E-state index in [4.69, 9.17) is 13.9 Å². The molecular formula is C17H22N4O6S. The number of sulfonamides is 1. The normalized spacial score (nSPS) is 16.0. The number of benzene rings is 1. The summed E-state index contributed by atoms with van der Waals surface area (Å²) < 4.78 is 40.5. The number of aromatic nitrogens is 2. The standard InChI is InChI=1S/C17H22N4O6S/c1-25-12-4-5-14(26-2)13(10-12)16-19-20-17(27-16)18-15(22)11-6-8-21(9-7-11)28(3,23)24/h4-5,10-11H,6-9H2,1-3H3,(H,18,20,22). The van der Waals surface area contributed by atoms with Gasteiger partial charge in [-0.2, -0.15) is 0 Å². The molecule has 1 fully saturated rings. The highest BCUT2D eigenvalue weighted by Crippen LogP contribution is 2.33. The fourth-order valence-electron chi connectivity index (χ4n) is 3.02. The number of nitrogens with one attached hydrogen (secondary N) is 1. The fourth-order valence-corrected chi connectivity index (χ4v) is 3.89. The van der Waals surface area contributed by atoms with Crippen LogP contribution < -0.4 is 14.8 Å². The molecule has 0 spiro atoms. The van der Waals surface area contributed by atoms with Gasteiger partial charge in [0, 0.05) is 19.0 Å². The van der Waals surface area contributed by atoms with E-state index in [0.717, 1.165) is 0 Å². The van der Waals surface area contributed by atoms with E-state index in [-0.39, 0.29) is 23.7 Å². The number of hydrogen-bond acceptors (Lipinski definition) is 8. The van der Waals surface area contributed by atoms with Crippen molar-refractivity contribution in [2.24, 2.45) is 5.92 Å². The third-order valence-electron chi connectivity index (χ3n) is 4.59. The second-order valence-electron chi connectivity index (χ2n) is 6.40. The van der Waals surface area contributed by atoms with E-state index in [1.54, 1.807) is 25.3 Å². The van der Waals surface area contributed by atoms with Crippen LogP contribution in [0.5, 0.6) is 11.5 Å². The first kappa shape index (κ1) is 20.1. The SMILES string of the molecule is COc1ccc(OC)c(-c2nnc(NC(=O)C3CCN(S(C)(=O)=O)CC3)o2)c1. The van der Waals surface area contributed by atoms with Crippen molar-refractivity contribution < 1.29 is 27.1 Å². The van der Waals surface area contributed by atoms with Crippen molar-refractivity contribution in [3.05, 3.63) is 18.2 Å². The van der Waals surface area contributed by atoms with Crippen LogP contribution in [0, 0.1) is 5.92 Å². The zero-order chi connectivity index (χ0) is 20.3. The maximum Gasteiger partial charge on any atom is 0.322 e. The van der Waals surface area contributed by atoms with Gasteiger partial charge < -0.3 is 13.9 Å². The van der Waals surface area contributed by atoms with Crippen molar-refractivity contribution in [1.29, 1.82) is 0 Å². The number of nitrogens with zero attached hydrogens (tertiary/aromatic N) is 3. The highest BCUT2D eigenvalue weighted by Gasteiger charge is 2.29. The van der Waals surface area contributed by atoms with Crippen LogP contribution >= 0.6 is 0 Å². The molecule has 1 amide bonds. The predicted octanol–water partition coefficient (Wildman–Crippen LogP) is 1.36. The first-order chi connectivity index (χ1) is 13.3. The lowest BCUT2D eigenvalue weighted by molar-refractivity contribution is -0.121. The number of amides is 1. The molecule has 0 bridgehead atoms. The maximum atomic E-state index is 12.4. The smallest absolute Gasteiger partial charge is 0.322 e. The molecule has 1 aliphatic rings. The molecule has 11 heteroatoms. The van der Waals surface area contributed by atoms with Crippen LogP contribution in [0.4, 0.5) is 6.01 Å². The number of ether oxygens (including phenoxy) is 2. The van der Waals surface area contributed by atoms with Gasteiger partial charge in [0.1, 0.15) is 11.5 Å². The Morgan fingerprint density at radius 3 is 2.54 bits per heavy atom. The van der Waals surface area contributed by atoms with Crippen LogP contribution in [-0.4, -0.2) is 62.4 Å². The van der Waals surface area contributed by atoms with E-state index in [9.17, 15) is 13.2 Å². The van der Waals surface area contributed by atoms with Crippen molar-refractivity contribution in [3.63, 3.8) is 0 Å². The molecule has 1 N–H and O–H groups in total. The lowest BCUT2D eigenvalue weighted by Gasteiger charge is -2.29. The van der Waals surface area contributed by atoms with Crippen molar-refractivity contribution in [2.45, 2.75) is 12.8 Å². The minimum Gasteiger partial charge on any atom is -0.497 e. The lowest BCUT2D eigenvalue weighted by Crippen LogP contribution is -2.40. The summed E-state index contributed by atoms with van der Waals surface area (Å²) in [7, 11) is -0.172. The monoisotopic (exact) mass is 410 g/mol. The summed E-state index contributed by atoms with van der Waals surface area (Å²) in [5.74, 6) is 0.700. The molecule has 0 radical (unpaired) electrons. The van der Waals surface area contributed by atoms with E-state index in [2.05, 4.69) is 15.5 Å². The maximum absolute atomic E-state index is 12.4. The number of anilines is 1. The van der Waals surface area contributed by atoms with Crippen LogP contribution in [0.25, 0.3) is 11.5 Å². The molecule has 1 aliphatic heterocycles. The predicted molar refractivity (Wildman–Crippen MR) is 101 cm³/mol. The molecule has 3 rings (SSSR count). The third-order valence-corrected chi connectivity index (χ3v) is 5.89. The zero-order valence-electron chi connectivity index (χ0n) is 15.8. The first-order valence-electron chi connectivity index (χ1n) is 8.63. The van der Waals surface area contributed by atoms with E-state index < -0.39 is 10.0 Å². The Bertz CT molecular complexity index is 950. The van der Waals surface area contributed by atoms with E-state index in [0.29, 0.717) is 43.0 Å². The van der Waals surface area contributed by atoms with Gasteiger partial charge in [-0.1, -0.05) is 5.10 Å². The van der Waals surface area contributed by atoms with Gasteiger partial charge in [0.15, 0.2) is 0 Å². The Morgan fingerprint density at radius 2 is 1.93 bits per heavy atom. The lowest BCUT2D eigenvalue weighted by atomic mass is 9.97. The van der Waals surface area contributed by atoms with Gasteiger partial charge >= 0.3 is 6.01 Å². The second-order valence-corrected chi connectivity index (χ2v) is 8.39. The molecule has 1 saturated heterocycles. The van der Waals surface area contributed by atoms with Gasteiger partial charge in [0.25, 0.3) is 5.89 Å². The number of hydrogen-bond donors (Lipinski definition) is 1. The molecule has 1 aromatic heterocycles. The highest BCUT2D eigenvalue weighted by molar-refractivity contribution is 7.88. The summed E-state index contributed by atoms with van der Waals surface area (Å²) in [5, 5.41) is 10.4. The summed E-state index contributed by atoms with van der Waals surface area (Å²) in [6.45, 7) is 0.625. The summed E-state index contributed by atoms with van der Waals surface area (Å²) >= 11 is 0. The number of rotatable bonds is 6.